The maximum absolute atomic E-state index is 3.78. The first-order valence-electron chi connectivity index (χ1n) is 11.0. The highest BCUT2D eigenvalue weighted by atomic mass is 79.9. The van der Waals surface area contributed by atoms with Gasteiger partial charge in [-0.1, -0.05) is 109 Å². The summed E-state index contributed by atoms with van der Waals surface area (Å²) in [6.07, 6.45) is 24.8. The highest BCUT2D eigenvalue weighted by molar-refractivity contribution is 8.93. The smallest absolute Gasteiger partial charge is 0.0137 e. The molecule has 152 valence electrons. The van der Waals surface area contributed by atoms with E-state index in [9.17, 15) is 0 Å². The van der Waals surface area contributed by atoms with Crippen molar-refractivity contribution in [1.29, 1.82) is 0 Å². The SMILES string of the molecule is Br.C=CCNC(C)(C)CCCCCCCCCCCCCCCCC. The van der Waals surface area contributed by atoms with Crippen LogP contribution in [0.2, 0.25) is 0 Å². The van der Waals surface area contributed by atoms with Gasteiger partial charge in [-0.3, -0.25) is 0 Å². The predicted octanol–water partition coefficient (Wildman–Crippen LogP) is 8.38. The van der Waals surface area contributed by atoms with E-state index in [1.165, 1.54) is 103 Å². The second-order valence-electron chi connectivity index (χ2n) is 8.25. The van der Waals surface area contributed by atoms with E-state index < -0.39 is 0 Å². The zero-order valence-electron chi connectivity index (χ0n) is 17.7. The Balaban J connectivity index is 0. The minimum atomic E-state index is 0. The van der Waals surface area contributed by atoms with Gasteiger partial charge in [-0.05, 0) is 20.3 Å². The van der Waals surface area contributed by atoms with Crippen LogP contribution in [0.25, 0.3) is 0 Å². The molecule has 0 unspecified atom stereocenters. The van der Waals surface area contributed by atoms with Crippen molar-refractivity contribution in [3.8, 4) is 0 Å². The molecule has 0 aromatic heterocycles. The molecule has 0 heterocycles. The summed E-state index contributed by atoms with van der Waals surface area (Å²) >= 11 is 0. The fraction of sp³-hybridized carbons (Fsp3) is 0.913. The summed E-state index contributed by atoms with van der Waals surface area (Å²) in [4.78, 5) is 0. The molecule has 0 aliphatic carbocycles. The van der Waals surface area contributed by atoms with Crippen LogP contribution in [-0.2, 0) is 0 Å². The number of halogens is 1. The van der Waals surface area contributed by atoms with Gasteiger partial charge in [-0.25, -0.2) is 0 Å². The Hall–Kier alpha value is 0.180. The first-order valence-corrected chi connectivity index (χ1v) is 11.0. The predicted molar refractivity (Wildman–Crippen MR) is 122 cm³/mol. The Kier molecular flexibility index (Phi) is 22.5. The summed E-state index contributed by atoms with van der Waals surface area (Å²) in [6.45, 7) is 11.6. The molecule has 0 aliphatic heterocycles. The van der Waals surface area contributed by atoms with Crippen molar-refractivity contribution in [3.63, 3.8) is 0 Å². The quantitative estimate of drug-likeness (QED) is 0.164. The van der Waals surface area contributed by atoms with Crippen molar-refractivity contribution < 1.29 is 0 Å². The average Bonchev–Trinajstić information content (AvgIpc) is 2.56. The van der Waals surface area contributed by atoms with Crippen molar-refractivity contribution in [3.05, 3.63) is 12.7 Å². The van der Waals surface area contributed by atoms with Crippen LogP contribution in [0, 0.1) is 0 Å². The van der Waals surface area contributed by atoms with Crippen molar-refractivity contribution in [2.24, 2.45) is 0 Å². The van der Waals surface area contributed by atoms with Crippen LogP contribution in [0.5, 0.6) is 0 Å². The Bertz CT molecular complexity index is 263. The summed E-state index contributed by atoms with van der Waals surface area (Å²) in [5.41, 5.74) is 0.269. The van der Waals surface area contributed by atoms with E-state index in [0.29, 0.717) is 0 Å². The summed E-state index contributed by atoms with van der Waals surface area (Å²) in [5, 5.41) is 3.54. The van der Waals surface area contributed by atoms with Gasteiger partial charge in [0.15, 0.2) is 0 Å². The van der Waals surface area contributed by atoms with Gasteiger partial charge in [0.25, 0.3) is 0 Å². The van der Waals surface area contributed by atoms with Crippen molar-refractivity contribution in [1.82, 2.24) is 5.32 Å². The van der Waals surface area contributed by atoms with E-state index in [1.54, 1.807) is 0 Å². The van der Waals surface area contributed by atoms with E-state index >= 15 is 0 Å². The number of unbranched alkanes of at least 4 members (excludes halogenated alkanes) is 14. The zero-order valence-corrected chi connectivity index (χ0v) is 19.4. The highest BCUT2D eigenvalue weighted by Gasteiger charge is 2.14. The third kappa shape index (κ3) is 22.1. The van der Waals surface area contributed by atoms with Crippen molar-refractivity contribution in [2.45, 2.75) is 129 Å². The maximum atomic E-state index is 3.78. The van der Waals surface area contributed by atoms with Gasteiger partial charge in [-0.15, -0.1) is 23.6 Å². The van der Waals surface area contributed by atoms with Crippen LogP contribution in [0.4, 0.5) is 0 Å². The molecule has 0 spiro atoms. The van der Waals surface area contributed by atoms with Crippen LogP contribution in [0.1, 0.15) is 124 Å². The number of nitrogens with one attached hydrogen (secondary N) is 1. The van der Waals surface area contributed by atoms with Gasteiger partial charge in [0.05, 0.1) is 0 Å². The minimum Gasteiger partial charge on any atom is -0.308 e. The lowest BCUT2D eigenvalue weighted by Crippen LogP contribution is -2.39. The van der Waals surface area contributed by atoms with E-state index in [0.717, 1.165) is 6.54 Å². The molecule has 1 nitrogen and oxygen atoms in total. The van der Waals surface area contributed by atoms with Crippen LogP contribution in [0.15, 0.2) is 12.7 Å². The molecule has 0 atom stereocenters. The monoisotopic (exact) mass is 417 g/mol. The Morgan fingerprint density at radius 2 is 1.04 bits per heavy atom. The number of hydrogen-bond acceptors (Lipinski definition) is 1. The van der Waals surface area contributed by atoms with Crippen LogP contribution in [0.3, 0.4) is 0 Å². The first kappa shape index (κ1) is 27.4. The average molecular weight is 419 g/mol. The van der Waals surface area contributed by atoms with E-state index in [2.05, 4.69) is 32.7 Å². The largest absolute Gasteiger partial charge is 0.308 e. The van der Waals surface area contributed by atoms with Gasteiger partial charge in [0.1, 0.15) is 0 Å². The van der Waals surface area contributed by atoms with Crippen LogP contribution in [-0.4, -0.2) is 12.1 Å². The lowest BCUT2D eigenvalue weighted by molar-refractivity contribution is 0.361. The Morgan fingerprint density at radius 1 is 0.680 bits per heavy atom. The number of rotatable bonds is 19. The normalized spacial score (nSPS) is 11.3. The van der Waals surface area contributed by atoms with Gasteiger partial charge in [0.2, 0.25) is 0 Å². The lowest BCUT2D eigenvalue weighted by Gasteiger charge is -2.25. The van der Waals surface area contributed by atoms with Crippen molar-refractivity contribution >= 4 is 17.0 Å². The third-order valence-corrected chi connectivity index (χ3v) is 5.13. The lowest BCUT2D eigenvalue weighted by atomic mass is 9.96. The van der Waals surface area contributed by atoms with Crippen molar-refractivity contribution in [2.75, 3.05) is 6.54 Å². The molecule has 25 heavy (non-hydrogen) atoms. The van der Waals surface area contributed by atoms with Crippen LogP contribution >= 0.6 is 17.0 Å². The molecule has 0 rings (SSSR count). The molecule has 0 aliphatic rings. The molecule has 0 radical (unpaired) electrons. The summed E-state index contributed by atoms with van der Waals surface area (Å²) in [5.74, 6) is 0. The fourth-order valence-corrected chi connectivity index (χ4v) is 3.38. The molecular formula is C23H48BrN. The van der Waals surface area contributed by atoms with Gasteiger partial charge in [-0.2, -0.15) is 0 Å². The van der Waals surface area contributed by atoms with Gasteiger partial charge < -0.3 is 5.32 Å². The summed E-state index contributed by atoms with van der Waals surface area (Å²) in [6, 6.07) is 0. The summed E-state index contributed by atoms with van der Waals surface area (Å²) in [7, 11) is 0. The Labute approximate surface area is 170 Å². The molecule has 0 fully saturated rings. The van der Waals surface area contributed by atoms with Gasteiger partial charge in [0, 0.05) is 12.1 Å². The standard InChI is InChI=1S/C23H47N.BrH/c1-5-7-8-9-10-11-12-13-14-15-16-17-18-19-20-21-23(3,4)24-22-6-2;/h6,24H,2,5,7-22H2,1,3-4H3;1H. The molecule has 0 saturated carbocycles. The zero-order chi connectivity index (χ0) is 17.9. The molecule has 0 aromatic rings. The molecule has 0 bridgehead atoms. The van der Waals surface area contributed by atoms with E-state index in [1.807, 2.05) is 6.08 Å². The first-order chi connectivity index (χ1) is 11.6. The molecule has 0 amide bonds. The number of hydrogen-bond donors (Lipinski definition) is 1. The highest BCUT2D eigenvalue weighted by Crippen LogP contribution is 2.16. The second-order valence-corrected chi connectivity index (χ2v) is 8.25. The van der Waals surface area contributed by atoms with E-state index in [-0.39, 0.29) is 22.5 Å². The summed E-state index contributed by atoms with van der Waals surface area (Å²) < 4.78 is 0. The fourth-order valence-electron chi connectivity index (χ4n) is 3.38. The van der Waals surface area contributed by atoms with Crippen LogP contribution < -0.4 is 5.32 Å². The molecule has 0 aromatic carbocycles. The molecule has 2 heteroatoms. The third-order valence-electron chi connectivity index (χ3n) is 5.13. The maximum Gasteiger partial charge on any atom is 0.0137 e. The molecule has 0 saturated heterocycles. The second kappa shape index (κ2) is 20.5. The molecular weight excluding hydrogens is 370 g/mol. The Morgan fingerprint density at radius 3 is 1.40 bits per heavy atom. The van der Waals surface area contributed by atoms with Gasteiger partial charge >= 0.3 is 0 Å². The molecule has 1 N–H and O–H groups in total. The minimum absolute atomic E-state index is 0. The van der Waals surface area contributed by atoms with E-state index in [4.69, 9.17) is 0 Å². The topological polar surface area (TPSA) is 12.0 Å².